The lowest BCUT2D eigenvalue weighted by atomic mass is 9.91. The number of hydrogen-bond acceptors (Lipinski definition) is 3. The third kappa shape index (κ3) is 3.02. The molecule has 0 bridgehead atoms. The Morgan fingerprint density at radius 3 is 2.93 bits per heavy atom. The first kappa shape index (κ1) is 11.1. The van der Waals surface area contributed by atoms with E-state index in [-0.39, 0.29) is 0 Å². The van der Waals surface area contributed by atoms with E-state index in [0.717, 1.165) is 6.42 Å². The maximum atomic E-state index is 6.21. The average molecular weight is 224 g/mol. The van der Waals surface area contributed by atoms with Gasteiger partial charge in [-0.15, -0.1) is 11.3 Å². The van der Waals surface area contributed by atoms with Crippen molar-refractivity contribution in [2.24, 2.45) is 11.7 Å². The molecule has 1 aliphatic rings. The summed E-state index contributed by atoms with van der Waals surface area (Å²) in [6.45, 7) is 2.07. The quantitative estimate of drug-likeness (QED) is 0.785. The predicted octanol–water partition coefficient (Wildman–Crippen LogP) is 2.90. The molecule has 2 N–H and O–H groups in total. The van der Waals surface area contributed by atoms with Crippen LogP contribution in [0.15, 0.2) is 5.38 Å². The summed E-state index contributed by atoms with van der Waals surface area (Å²) in [6, 6.07) is 0.398. The summed E-state index contributed by atoms with van der Waals surface area (Å²) in [6.07, 6.45) is 7.60. The Labute approximate surface area is 95.9 Å². The Morgan fingerprint density at radius 1 is 1.40 bits per heavy atom. The van der Waals surface area contributed by atoms with E-state index in [1.165, 1.54) is 42.8 Å². The minimum atomic E-state index is 0.398. The van der Waals surface area contributed by atoms with Crippen molar-refractivity contribution in [1.82, 2.24) is 4.98 Å². The molecule has 3 heteroatoms. The summed E-state index contributed by atoms with van der Waals surface area (Å²) in [5.74, 6) is 0.661. The first-order valence-corrected chi connectivity index (χ1v) is 6.80. The highest BCUT2D eigenvalue weighted by atomic mass is 32.1. The Bertz CT molecular complexity index is 308. The van der Waals surface area contributed by atoms with Crippen molar-refractivity contribution in [2.45, 2.75) is 51.5 Å². The van der Waals surface area contributed by atoms with Crippen molar-refractivity contribution in [2.75, 3.05) is 0 Å². The second-order valence-electron chi connectivity index (χ2n) is 4.62. The van der Waals surface area contributed by atoms with Gasteiger partial charge in [0.15, 0.2) is 0 Å². The predicted molar refractivity (Wildman–Crippen MR) is 65.1 cm³/mol. The van der Waals surface area contributed by atoms with Gasteiger partial charge < -0.3 is 5.73 Å². The van der Waals surface area contributed by atoms with Gasteiger partial charge in [0.2, 0.25) is 0 Å². The topological polar surface area (TPSA) is 38.9 Å². The molecular formula is C12H20N2S. The molecule has 2 atom stereocenters. The van der Waals surface area contributed by atoms with Crippen molar-refractivity contribution in [1.29, 1.82) is 0 Å². The van der Waals surface area contributed by atoms with Gasteiger partial charge in [0, 0.05) is 11.4 Å². The van der Waals surface area contributed by atoms with Gasteiger partial charge in [0.25, 0.3) is 0 Å². The molecule has 84 valence electrons. The van der Waals surface area contributed by atoms with E-state index in [4.69, 9.17) is 5.73 Å². The SMILES string of the molecule is Cc1nc(CC2CCCCCC2N)cs1. The van der Waals surface area contributed by atoms with Crippen molar-refractivity contribution in [3.05, 3.63) is 16.1 Å². The van der Waals surface area contributed by atoms with Gasteiger partial charge in [-0.05, 0) is 32.1 Å². The third-order valence-electron chi connectivity index (χ3n) is 3.36. The maximum absolute atomic E-state index is 6.21. The number of nitrogens with zero attached hydrogens (tertiary/aromatic N) is 1. The van der Waals surface area contributed by atoms with Gasteiger partial charge in [-0.1, -0.05) is 19.3 Å². The summed E-state index contributed by atoms with van der Waals surface area (Å²) < 4.78 is 0. The van der Waals surface area contributed by atoms with Crippen LogP contribution in [0.2, 0.25) is 0 Å². The zero-order valence-electron chi connectivity index (χ0n) is 9.41. The standard InChI is InChI=1S/C12H20N2S/c1-9-14-11(8-15-9)7-10-5-3-2-4-6-12(10)13/h8,10,12H,2-7,13H2,1H3. The first-order chi connectivity index (χ1) is 7.25. The molecule has 1 aliphatic carbocycles. The molecule has 1 heterocycles. The number of hydrogen-bond donors (Lipinski definition) is 1. The first-order valence-electron chi connectivity index (χ1n) is 5.92. The van der Waals surface area contributed by atoms with E-state index in [1.807, 2.05) is 0 Å². The fourth-order valence-corrected chi connectivity index (χ4v) is 3.06. The van der Waals surface area contributed by atoms with Crippen LogP contribution in [0.4, 0.5) is 0 Å². The van der Waals surface area contributed by atoms with Crippen molar-refractivity contribution >= 4 is 11.3 Å². The molecule has 15 heavy (non-hydrogen) atoms. The van der Waals surface area contributed by atoms with Gasteiger partial charge in [-0.25, -0.2) is 4.98 Å². The number of nitrogens with two attached hydrogens (primary N) is 1. The normalized spacial score (nSPS) is 27.6. The van der Waals surface area contributed by atoms with Crippen LogP contribution in [0.25, 0.3) is 0 Å². The average Bonchev–Trinajstić information content (AvgIpc) is 2.50. The molecular weight excluding hydrogens is 204 g/mol. The summed E-state index contributed by atoms with van der Waals surface area (Å²) in [4.78, 5) is 4.53. The molecule has 1 fully saturated rings. The fraction of sp³-hybridized carbons (Fsp3) is 0.750. The number of rotatable bonds is 2. The summed E-state index contributed by atoms with van der Waals surface area (Å²) in [5, 5.41) is 3.36. The van der Waals surface area contributed by atoms with E-state index in [9.17, 15) is 0 Å². The minimum Gasteiger partial charge on any atom is -0.327 e. The van der Waals surface area contributed by atoms with Gasteiger partial charge in [0.05, 0.1) is 10.7 Å². The molecule has 1 aromatic heterocycles. The summed E-state index contributed by atoms with van der Waals surface area (Å²) in [5.41, 5.74) is 7.46. The Balaban J connectivity index is 1.97. The Morgan fingerprint density at radius 2 is 2.20 bits per heavy atom. The molecule has 2 nitrogen and oxygen atoms in total. The molecule has 2 rings (SSSR count). The Hall–Kier alpha value is -0.410. The molecule has 0 amide bonds. The van der Waals surface area contributed by atoms with Crippen LogP contribution in [-0.2, 0) is 6.42 Å². The van der Waals surface area contributed by atoms with Gasteiger partial charge in [-0.2, -0.15) is 0 Å². The highest BCUT2D eigenvalue weighted by Gasteiger charge is 2.21. The number of aromatic nitrogens is 1. The lowest BCUT2D eigenvalue weighted by molar-refractivity contribution is 0.392. The minimum absolute atomic E-state index is 0.398. The van der Waals surface area contributed by atoms with Crippen LogP contribution in [0.3, 0.4) is 0 Å². The molecule has 0 saturated heterocycles. The lowest BCUT2D eigenvalue weighted by Crippen LogP contribution is -2.30. The lowest BCUT2D eigenvalue weighted by Gasteiger charge is -2.20. The highest BCUT2D eigenvalue weighted by molar-refractivity contribution is 7.09. The van der Waals surface area contributed by atoms with E-state index in [2.05, 4.69) is 17.3 Å². The molecule has 0 spiro atoms. The van der Waals surface area contributed by atoms with Crippen LogP contribution in [0.1, 0.15) is 42.8 Å². The van der Waals surface area contributed by atoms with E-state index < -0.39 is 0 Å². The van der Waals surface area contributed by atoms with Crippen LogP contribution < -0.4 is 5.73 Å². The van der Waals surface area contributed by atoms with Gasteiger partial charge >= 0.3 is 0 Å². The maximum Gasteiger partial charge on any atom is 0.0897 e. The third-order valence-corrected chi connectivity index (χ3v) is 4.18. The van der Waals surface area contributed by atoms with Gasteiger partial charge in [0.1, 0.15) is 0 Å². The second kappa shape index (κ2) is 5.08. The molecule has 1 aromatic rings. The zero-order chi connectivity index (χ0) is 10.7. The van der Waals surface area contributed by atoms with E-state index in [1.54, 1.807) is 11.3 Å². The molecule has 0 radical (unpaired) electrons. The van der Waals surface area contributed by atoms with Crippen molar-refractivity contribution in [3.8, 4) is 0 Å². The fourth-order valence-electron chi connectivity index (χ4n) is 2.44. The molecule has 1 saturated carbocycles. The number of thiazole rings is 1. The largest absolute Gasteiger partial charge is 0.327 e. The van der Waals surface area contributed by atoms with Crippen molar-refractivity contribution in [3.63, 3.8) is 0 Å². The number of aryl methyl sites for hydroxylation is 1. The zero-order valence-corrected chi connectivity index (χ0v) is 10.2. The van der Waals surface area contributed by atoms with Crippen LogP contribution >= 0.6 is 11.3 Å². The van der Waals surface area contributed by atoms with E-state index in [0.29, 0.717) is 12.0 Å². The smallest absolute Gasteiger partial charge is 0.0897 e. The Kier molecular flexibility index (Phi) is 3.76. The summed E-state index contributed by atoms with van der Waals surface area (Å²) >= 11 is 1.75. The van der Waals surface area contributed by atoms with E-state index >= 15 is 0 Å². The van der Waals surface area contributed by atoms with Crippen LogP contribution in [-0.4, -0.2) is 11.0 Å². The van der Waals surface area contributed by atoms with Gasteiger partial charge in [-0.3, -0.25) is 0 Å². The van der Waals surface area contributed by atoms with Crippen molar-refractivity contribution < 1.29 is 0 Å². The molecule has 0 aromatic carbocycles. The second-order valence-corrected chi connectivity index (χ2v) is 5.69. The van der Waals surface area contributed by atoms with Crippen LogP contribution in [0, 0.1) is 12.8 Å². The molecule has 0 aliphatic heterocycles. The summed E-state index contributed by atoms with van der Waals surface area (Å²) in [7, 11) is 0. The highest BCUT2D eigenvalue weighted by Crippen LogP contribution is 2.25. The monoisotopic (exact) mass is 224 g/mol. The molecule has 2 unspecified atom stereocenters. The van der Waals surface area contributed by atoms with Crippen LogP contribution in [0.5, 0.6) is 0 Å².